The molecule has 0 aliphatic heterocycles. The second-order valence-electron chi connectivity index (χ2n) is 6.05. The molecule has 1 aromatic heterocycles. The van der Waals surface area contributed by atoms with Gasteiger partial charge >= 0.3 is 0 Å². The molecule has 2 rings (SSSR count). The number of aryl methyl sites for hydroxylation is 1. The number of benzene rings is 1. The summed E-state index contributed by atoms with van der Waals surface area (Å²) < 4.78 is 14.0. The molecule has 0 fully saturated rings. The Balaban J connectivity index is 2.26. The molecule has 1 N–H and O–H groups in total. The van der Waals surface area contributed by atoms with E-state index in [0.717, 1.165) is 17.7 Å². The fourth-order valence-electron chi connectivity index (χ4n) is 2.33. The van der Waals surface area contributed by atoms with Crippen LogP contribution in [0.5, 0.6) is 0 Å². The Hall–Kier alpha value is -1.74. The Morgan fingerprint density at radius 1 is 1.09 bits per heavy atom. The molecule has 3 heteroatoms. The van der Waals surface area contributed by atoms with E-state index in [9.17, 15) is 4.39 Å². The highest BCUT2D eigenvalue weighted by Crippen LogP contribution is 2.23. The Morgan fingerprint density at radius 2 is 1.82 bits per heavy atom. The third-order valence-electron chi connectivity index (χ3n) is 4.18. The van der Waals surface area contributed by atoms with Gasteiger partial charge < -0.3 is 5.32 Å². The Kier molecular flexibility index (Phi) is 5.67. The molecule has 0 aliphatic carbocycles. The predicted molar refractivity (Wildman–Crippen MR) is 90.1 cm³/mol. The summed E-state index contributed by atoms with van der Waals surface area (Å²) >= 11 is 0. The summed E-state index contributed by atoms with van der Waals surface area (Å²) in [5.74, 6) is 0.258. The van der Waals surface area contributed by atoms with Crippen molar-refractivity contribution >= 4 is 0 Å². The van der Waals surface area contributed by atoms with Gasteiger partial charge in [-0.2, -0.15) is 0 Å². The monoisotopic (exact) mass is 300 g/mol. The second-order valence-corrected chi connectivity index (χ2v) is 6.05. The van der Waals surface area contributed by atoms with Gasteiger partial charge in [0.05, 0.1) is 11.4 Å². The van der Waals surface area contributed by atoms with Crippen LogP contribution < -0.4 is 5.32 Å². The molecule has 0 amide bonds. The van der Waals surface area contributed by atoms with E-state index in [2.05, 4.69) is 44.1 Å². The van der Waals surface area contributed by atoms with E-state index >= 15 is 0 Å². The number of pyridine rings is 1. The first-order valence-electron chi connectivity index (χ1n) is 8.00. The minimum atomic E-state index is -0.249. The summed E-state index contributed by atoms with van der Waals surface area (Å²) in [4.78, 5) is 4.54. The van der Waals surface area contributed by atoms with Crippen molar-refractivity contribution in [1.82, 2.24) is 10.3 Å². The average molecular weight is 300 g/mol. The lowest BCUT2D eigenvalue weighted by Crippen LogP contribution is -2.30. The van der Waals surface area contributed by atoms with Gasteiger partial charge in [0.1, 0.15) is 5.82 Å². The topological polar surface area (TPSA) is 24.9 Å². The standard InChI is InChI=1S/C19H25FN2/c1-5-15-8-6-7-9-16(15)18-11-10-17(20)19(22-18)12-21-14(4)13(2)3/h6-11,13-14,21H,5,12H2,1-4H3/t14-/m1/s1. The molecule has 0 radical (unpaired) electrons. The number of nitrogens with one attached hydrogen (secondary N) is 1. The summed E-state index contributed by atoms with van der Waals surface area (Å²) in [5, 5.41) is 3.34. The predicted octanol–water partition coefficient (Wildman–Crippen LogP) is 4.58. The molecular formula is C19H25FN2. The Bertz CT molecular complexity index is 623. The molecule has 0 spiro atoms. The summed E-state index contributed by atoms with van der Waals surface area (Å²) in [7, 11) is 0. The van der Waals surface area contributed by atoms with Crippen molar-refractivity contribution in [2.45, 2.75) is 46.7 Å². The molecule has 2 aromatic rings. The number of rotatable bonds is 6. The van der Waals surface area contributed by atoms with Crippen molar-refractivity contribution in [1.29, 1.82) is 0 Å². The van der Waals surface area contributed by atoms with Crippen molar-refractivity contribution in [2.75, 3.05) is 0 Å². The molecule has 0 saturated heterocycles. The van der Waals surface area contributed by atoms with Gasteiger partial charge in [-0.05, 0) is 37.0 Å². The highest BCUT2D eigenvalue weighted by atomic mass is 19.1. The SMILES string of the molecule is CCc1ccccc1-c1ccc(F)c(CN[C@H](C)C(C)C)n1. The van der Waals surface area contributed by atoms with Crippen LogP contribution in [0.2, 0.25) is 0 Å². The van der Waals surface area contributed by atoms with Crippen molar-refractivity contribution < 1.29 is 4.39 Å². The molecule has 1 aromatic carbocycles. The number of aromatic nitrogens is 1. The van der Waals surface area contributed by atoms with Crippen molar-refractivity contribution in [3.63, 3.8) is 0 Å². The van der Waals surface area contributed by atoms with Crippen LogP contribution in [0.3, 0.4) is 0 Å². The summed E-state index contributed by atoms with van der Waals surface area (Å²) in [5.41, 5.74) is 3.64. The van der Waals surface area contributed by atoms with E-state index in [-0.39, 0.29) is 5.82 Å². The number of hydrogen-bond acceptors (Lipinski definition) is 2. The van der Waals surface area contributed by atoms with Crippen LogP contribution in [0.4, 0.5) is 4.39 Å². The first kappa shape index (κ1) is 16.6. The number of hydrogen-bond donors (Lipinski definition) is 1. The fraction of sp³-hybridized carbons (Fsp3) is 0.421. The van der Waals surface area contributed by atoms with E-state index in [1.165, 1.54) is 11.6 Å². The molecular weight excluding hydrogens is 275 g/mol. The molecule has 22 heavy (non-hydrogen) atoms. The second kappa shape index (κ2) is 7.50. The molecule has 1 atom stereocenters. The Morgan fingerprint density at radius 3 is 2.50 bits per heavy atom. The van der Waals surface area contributed by atoms with Crippen LogP contribution in [0.15, 0.2) is 36.4 Å². The van der Waals surface area contributed by atoms with Gasteiger partial charge in [-0.15, -0.1) is 0 Å². The maximum atomic E-state index is 14.0. The molecule has 0 bridgehead atoms. The third-order valence-corrected chi connectivity index (χ3v) is 4.18. The van der Waals surface area contributed by atoms with E-state index in [1.54, 1.807) is 6.07 Å². The maximum absolute atomic E-state index is 14.0. The van der Waals surface area contributed by atoms with Gasteiger partial charge in [0.15, 0.2) is 0 Å². The van der Waals surface area contributed by atoms with Crippen LogP contribution >= 0.6 is 0 Å². The van der Waals surface area contributed by atoms with Crippen LogP contribution in [-0.2, 0) is 13.0 Å². The fourth-order valence-corrected chi connectivity index (χ4v) is 2.33. The van der Waals surface area contributed by atoms with Gasteiger partial charge in [0.2, 0.25) is 0 Å². The van der Waals surface area contributed by atoms with Crippen LogP contribution in [0.1, 0.15) is 39.0 Å². The van der Waals surface area contributed by atoms with Gasteiger partial charge in [0, 0.05) is 18.2 Å². The lowest BCUT2D eigenvalue weighted by molar-refractivity contribution is 0.418. The molecule has 118 valence electrons. The lowest BCUT2D eigenvalue weighted by atomic mass is 10.0. The molecule has 1 heterocycles. The summed E-state index contributed by atoms with van der Waals surface area (Å²) in [6.07, 6.45) is 0.938. The third kappa shape index (κ3) is 3.92. The zero-order valence-corrected chi connectivity index (χ0v) is 13.9. The first-order valence-corrected chi connectivity index (χ1v) is 8.00. The summed E-state index contributed by atoms with van der Waals surface area (Å²) in [6, 6.07) is 11.8. The van der Waals surface area contributed by atoms with Crippen molar-refractivity contribution in [3.8, 4) is 11.3 Å². The summed E-state index contributed by atoms with van der Waals surface area (Å²) in [6.45, 7) is 8.98. The zero-order valence-electron chi connectivity index (χ0n) is 13.9. The van der Waals surface area contributed by atoms with Crippen LogP contribution in [0.25, 0.3) is 11.3 Å². The minimum Gasteiger partial charge on any atom is -0.308 e. The molecule has 0 unspecified atom stereocenters. The number of halogens is 1. The largest absolute Gasteiger partial charge is 0.308 e. The minimum absolute atomic E-state index is 0.249. The van der Waals surface area contributed by atoms with E-state index in [4.69, 9.17) is 0 Å². The van der Waals surface area contributed by atoms with Gasteiger partial charge in [-0.1, -0.05) is 45.0 Å². The quantitative estimate of drug-likeness (QED) is 0.844. The number of nitrogens with zero attached hydrogens (tertiary/aromatic N) is 1. The molecule has 2 nitrogen and oxygen atoms in total. The average Bonchev–Trinajstić information content (AvgIpc) is 2.53. The Labute approximate surface area is 132 Å². The van der Waals surface area contributed by atoms with Gasteiger partial charge in [-0.25, -0.2) is 9.37 Å². The van der Waals surface area contributed by atoms with Crippen molar-refractivity contribution in [2.24, 2.45) is 5.92 Å². The first-order chi connectivity index (χ1) is 10.5. The van der Waals surface area contributed by atoms with E-state index < -0.39 is 0 Å². The van der Waals surface area contributed by atoms with E-state index in [0.29, 0.717) is 24.2 Å². The maximum Gasteiger partial charge on any atom is 0.146 e. The lowest BCUT2D eigenvalue weighted by Gasteiger charge is -2.17. The van der Waals surface area contributed by atoms with Crippen molar-refractivity contribution in [3.05, 3.63) is 53.5 Å². The van der Waals surface area contributed by atoms with Crippen LogP contribution in [0, 0.1) is 11.7 Å². The highest BCUT2D eigenvalue weighted by molar-refractivity contribution is 5.63. The highest BCUT2D eigenvalue weighted by Gasteiger charge is 2.12. The molecule has 0 saturated carbocycles. The molecule has 0 aliphatic rings. The zero-order chi connectivity index (χ0) is 16.1. The smallest absolute Gasteiger partial charge is 0.146 e. The normalized spacial score (nSPS) is 12.6. The van der Waals surface area contributed by atoms with E-state index in [1.807, 2.05) is 18.2 Å². The van der Waals surface area contributed by atoms with Gasteiger partial charge in [-0.3, -0.25) is 0 Å². The van der Waals surface area contributed by atoms with Crippen LogP contribution in [-0.4, -0.2) is 11.0 Å². The van der Waals surface area contributed by atoms with Gasteiger partial charge in [0.25, 0.3) is 0 Å².